The lowest BCUT2D eigenvalue weighted by atomic mass is 9.95. The number of aryl methyl sites for hydroxylation is 2. The average Bonchev–Trinajstić information content (AvgIpc) is 2.24. The van der Waals surface area contributed by atoms with Crippen LogP contribution in [0.15, 0.2) is 18.2 Å². The molecular weight excluding hydrogens is 224 g/mol. The van der Waals surface area contributed by atoms with Crippen molar-refractivity contribution in [2.75, 3.05) is 11.4 Å². The molecule has 1 heterocycles. The molecule has 1 amide bonds. The van der Waals surface area contributed by atoms with E-state index >= 15 is 0 Å². The zero-order valence-corrected chi connectivity index (χ0v) is 11.9. The molecule has 2 rings (SSSR count). The fourth-order valence-electron chi connectivity index (χ4n) is 2.84. The first-order chi connectivity index (χ1) is 8.33. The second-order valence-electron chi connectivity index (χ2n) is 5.83. The fraction of sp³-hybridized carbons (Fsp3) is 0.533. The molecule has 3 heteroatoms. The number of hydrogen-bond donors (Lipinski definition) is 1. The monoisotopic (exact) mass is 246 g/mol. The molecule has 0 bridgehead atoms. The molecule has 18 heavy (non-hydrogen) atoms. The Labute approximate surface area is 109 Å². The molecule has 0 aliphatic carbocycles. The van der Waals surface area contributed by atoms with Crippen molar-refractivity contribution in [2.45, 2.75) is 46.2 Å². The number of benzene rings is 1. The van der Waals surface area contributed by atoms with E-state index in [0.717, 1.165) is 23.4 Å². The lowest BCUT2D eigenvalue weighted by molar-refractivity contribution is -0.125. The van der Waals surface area contributed by atoms with Gasteiger partial charge in [-0.25, -0.2) is 0 Å². The lowest BCUT2D eigenvalue weighted by Crippen LogP contribution is -2.65. The summed E-state index contributed by atoms with van der Waals surface area (Å²) in [7, 11) is 0. The number of amides is 1. The van der Waals surface area contributed by atoms with Crippen LogP contribution in [0.25, 0.3) is 0 Å². The van der Waals surface area contributed by atoms with Crippen LogP contribution in [0, 0.1) is 13.8 Å². The standard InChI is InChI=1S/C15H22N2O/c1-10-7-6-8-11(2)13(10)17-9-12(3)16-15(4,5)14(17)18/h6-8,12,16H,9H2,1-5H3. The minimum Gasteiger partial charge on any atom is -0.309 e. The van der Waals surface area contributed by atoms with Gasteiger partial charge in [-0.1, -0.05) is 18.2 Å². The molecule has 0 spiro atoms. The Hall–Kier alpha value is -1.35. The second-order valence-corrected chi connectivity index (χ2v) is 5.83. The highest BCUT2D eigenvalue weighted by atomic mass is 16.2. The van der Waals surface area contributed by atoms with Gasteiger partial charge in [-0.15, -0.1) is 0 Å². The highest BCUT2D eigenvalue weighted by molar-refractivity contribution is 6.01. The van der Waals surface area contributed by atoms with Gasteiger partial charge in [-0.2, -0.15) is 0 Å². The zero-order valence-electron chi connectivity index (χ0n) is 11.9. The van der Waals surface area contributed by atoms with Crippen molar-refractivity contribution >= 4 is 11.6 Å². The Kier molecular flexibility index (Phi) is 3.20. The van der Waals surface area contributed by atoms with Crippen LogP contribution in [-0.4, -0.2) is 24.0 Å². The SMILES string of the molecule is Cc1cccc(C)c1N1CC(C)NC(C)(C)C1=O. The van der Waals surface area contributed by atoms with E-state index in [9.17, 15) is 4.79 Å². The summed E-state index contributed by atoms with van der Waals surface area (Å²) < 4.78 is 0. The second kappa shape index (κ2) is 4.39. The molecule has 0 radical (unpaired) electrons. The van der Waals surface area contributed by atoms with Gasteiger partial charge in [0.15, 0.2) is 0 Å². The minimum absolute atomic E-state index is 0.151. The summed E-state index contributed by atoms with van der Waals surface area (Å²) in [6.45, 7) is 10.9. The normalized spacial score (nSPS) is 23.3. The van der Waals surface area contributed by atoms with E-state index in [1.54, 1.807) is 0 Å². The smallest absolute Gasteiger partial charge is 0.246 e. The summed E-state index contributed by atoms with van der Waals surface area (Å²) in [6.07, 6.45) is 0. The van der Waals surface area contributed by atoms with Gasteiger partial charge in [0.1, 0.15) is 0 Å². The number of para-hydroxylation sites is 1. The summed E-state index contributed by atoms with van der Waals surface area (Å²) in [6, 6.07) is 6.47. The van der Waals surface area contributed by atoms with Crippen LogP contribution in [-0.2, 0) is 4.79 Å². The van der Waals surface area contributed by atoms with Gasteiger partial charge < -0.3 is 4.90 Å². The Morgan fingerprint density at radius 3 is 2.39 bits per heavy atom. The van der Waals surface area contributed by atoms with E-state index in [0.29, 0.717) is 6.04 Å². The molecule has 1 atom stereocenters. The Bertz CT molecular complexity index is 459. The van der Waals surface area contributed by atoms with E-state index in [1.165, 1.54) is 0 Å². The highest BCUT2D eigenvalue weighted by Gasteiger charge is 2.39. The van der Waals surface area contributed by atoms with Crippen LogP contribution < -0.4 is 10.2 Å². The van der Waals surface area contributed by atoms with Crippen molar-refractivity contribution in [3.63, 3.8) is 0 Å². The largest absolute Gasteiger partial charge is 0.309 e. The van der Waals surface area contributed by atoms with E-state index in [4.69, 9.17) is 0 Å². The molecule has 1 saturated heterocycles. The topological polar surface area (TPSA) is 32.3 Å². The van der Waals surface area contributed by atoms with Crippen molar-refractivity contribution < 1.29 is 4.79 Å². The summed E-state index contributed by atoms with van der Waals surface area (Å²) in [5, 5.41) is 3.35. The van der Waals surface area contributed by atoms with E-state index in [1.807, 2.05) is 24.8 Å². The molecule has 1 aromatic rings. The van der Waals surface area contributed by atoms with Gasteiger partial charge in [-0.05, 0) is 45.7 Å². The van der Waals surface area contributed by atoms with E-state index in [2.05, 4.69) is 38.2 Å². The first-order valence-electron chi connectivity index (χ1n) is 6.49. The third-order valence-corrected chi connectivity index (χ3v) is 3.55. The first kappa shape index (κ1) is 13.1. The van der Waals surface area contributed by atoms with Crippen molar-refractivity contribution in [3.8, 4) is 0 Å². The van der Waals surface area contributed by atoms with Crippen LogP contribution >= 0.6 is 0 Å². The quantitative estimate of drug-likeness (QED) is 0.825. The Morgan fingerprint density at radius 2 is 1.83 bits per heavy atom. The number of anilines is 1. The van der Waals surface area contributed by atoms with Crippen LogP contribution in [0.4, 0.5) is 5.69 Å². The van der Waals surface area contributed by atoms with Crippen LogP contribution in [0.2, 0.25) is 0 Å². The maximum absolute atomic E-state index is 12.6. The van der Waals surface area contributed by atoms with Crippen LogP contribution in [0.1, 0.15) is 31.9 Å². The summed E-state index contributed by atoms with van der Waals surface area (Å²) >= 11 is 0. The number of carbonyl (C=O) groups is 1. The van der Waals surface area contributed by atoms with E-state index < -0.39 is 5.54 Å². The summed E-state index contributed by atoms with van der Waals surface area (Å²) in [5.41, 5.74) is 2.90. The third kappa shape index (κ3) is 2.15. The molecule has 1 aromatic carbocycles. The van der Waals surface area contributed by atoms with Gasteiger partial charge >= 0.3 is 0 Å². The molecular formula is C15H22N2O. The molecule has 1 N–H and O–H groups in total. The zero-order chi connectivity index (χ0) is 13.5. The maximum Gasteiger partial charge on any atom is 0.246 e. The van der Waals surface area contributed by atoms with E-state index in [-0.39, 0.29) is 5.91 Å². The van der Waals surface area contributed by atoms with Crippen molar-refractivity contribution in [1.29, 1.82) is 0 Å². The molecule has 0 saturated carbocycles. The first-order valence-corrected chi connectivity index (χ1v) is 6.49. The summed E-state index contributed by atoms with van der Waals surface area (Å²) in [4.78, 5) is 14.5. The molecule has 98 valence electrons. The number of rotatable bonds is 1. The molecule has 1 fully saturated rings. The molecule has 1 aliphatic heterocycles. The molecule has 3 nitrogen and oxygen atoms in total. The Morgan fingerprint density at radius 1 is 1.28 bits per heavy atom. The van der Waals surface area contributed by atoms with Crippen molar-refractivity contribution in [1.82, 2.24) is 5.32 Å². The van der Waals surface area contributed by atoms with Crippen LogP contribution in [0.3, 0.4) is 0 Å². The average molecular weight is 246 g/mol. The minimum atomic E-state index is -0.494. The Balaban J connectivity index is 2.46. The molecule has 1 unspecified atom stereocenters. The summed E-state index contributed by atoms with van der Waals surface area (Å²) in [5.74, 6) is 0.151. The van der Waals surface area contributed by atoms with Gasteiger partial charge in [0.2, 0.25) is 5.91 Å². The maximum atomic E-state index is 12.6. The fourth-order valence-corrected chi connectivity index (χ4v) is 2.84. The third-order valence-electron chi connectivity index (χ3n) is 3.55. The van der Waals surface area contributed by atoms with Gasteiger partial charge in [-0.3, -0.25) is 10.1 Å². The predicted octanol–water partition coefficient (Wildman–Crippen LogP) is 2.41. The number of nitrogens with zero attached hydrogens (tertiary/aromatic N) is 1. The molecule has 0 aromatic heterocycles. The molecule has 1 aliphatic rings. The van der Waals surface area contributed by atoms with Crippen molar-refractivity contribution in [3.05, 3.63) is 29.3 Å². The van der Waals surface area contributed by atoms with Gasteiger partial charge in [0.05, 0.1) is 5.54 Å². The number of nitrogens with one attached hydrogen (secondary N) is 1. The van der Waals surface area contributed by atoms with Gasteiger partial charge in [0, 0.05) is 18.3 Å². The number of carbonyl (C=O) groups excluding carboxylic acids is 1. The van der Waals surface area contributed by atoms with Gasteiger partial charge in [0.25, 0.3) is 0 Å². The van der Waals surface area contributed by atoms with Crippen LogP contribution in [0.5, 0.6) is 0 Å². The number of piperazine rings is 1. The lowest BCUT2D eigenvalue weighted by Gasteiger charge is -2.42. The predicted molar refractivity (Wildman–Crippen MR) is 74.9 cm³/mol. The van der Waals surface area contributed by atoms with Crippen molar-refractivity contribution in [2.24, 2.45) is 0 Å². The number of hydrogen-bond acceptors (Lipinski definition) is 2. The highest BCUT2D eigenvalue weighted by Crippen LogP contribution is 2.29.